The van der Waals surface area contributed by atoms with Gasteiger partial charge in [0.1, 0.15) is 5.75 Å². The fourth-order valence-electron chi connectivity index (χ4n) is 2.80. The summed E-state index contributed by atoms with van der Waals surface area (Å²) in [5.41, 5.74) is 3.04. The summed E-state index contributed by atoms with van der Waals surface area (Å²) in [6.45, 7) is 1.51. The lowest BCUT2D eigenvalue weighted by Gasteiger charge is -2.12. The van der Waals surface area contributed by atoms with Crippen LogP contribution in [0.3, 0.4) is 0 Å². The van der Waals surface area contributed by atoms with Gasteiger partial charge in [0.2, 0.25) is 0 Å². The van der Waals surface area contributed by atoms with Gasteiger partial charge in [-0.15, -0.1) is 0 Å². The molecule has 0 aromatic heterocycles. The number of methoxy groups -OCH3 is 1. The number of halogens is 1. The van der Waals surface area contributed by atoms with E-state index in [0.29, 0.717) is 11.3 Å². The minimum Gasteiger partial charge on any atom is -0.493 e. The molecule has 3 aromatic carbocycles. The van der Waals surface area contributed by atoms with Gasteiger partial charge in [-0.3, -0.25) is 14.9 Å². The van der Waals surface area contributed by atoms with Crippen molar-refractivity contribution in [2.75, 3.05) is 7.11 Å². The van der Waals surface area contributed by atoms with Crippen molar-refractivity contribution >= 4 is 35.4 Å². The number of hydrogen-bond acceptors (Lipinski definition) is 8. The van der Waals surface area contributed by atoms with Gasteiger partial charge in [0, 0.05) is 12.1 Å². The Kier molecular flexibility index (Phi) is 8.36. The monoisotopic (exact) mass is 497 g/mol. The van der Waals surface area contributed by atoms with Crippen LogP contribution in [-0.2, 0) is 4.79 Å². The van der Waals surface area contributed by atoms with Crippen molar-refractivity contribution in [2.24, 2.45) is 5.10 Å². The molecule has 0 bridgehead atoms. The molecule has 0 aliphatic rings. The number of nitrogens with zero attached hydrogens (tertiary/aromatic N) is 2. The fourth-order valence-corrected chi connectivity index (χ4v) is 3.01. The quantitative estimate of drug-likeness (QED) is 0.152. The maximum Gasteiger partial charge on any atom is 0.345 e. The SMILES string of the molecule is COc1cc(/C=N\NC(=O)[C@H](C)Oc2ccc([N+](=O)[O-])cc2)ccc1OC(=O)c1ccccc1Cl. The molecule has 1 amide bonds. The molecule has 0 saturated heterocycles. The van der Waals surface area contributed by atoms with Gasteiger partial charge in [0.05, 0.1) is 28.8 Å². The molecular weight excluding hydrogens is 478 g/mol. The Labute approximate surface area is 205 Å². The summed E-state index contributed by atoms with van der Waals surface area (Å²) < 4.78 is 16.1. The predicted molar refractivity (Wildman–Crippen MR) is 128 cm³/mol. The second-order valence-corrected chi connectivity index (χ2v) is 7.43. The maximum atomic E-state index is 12.4. The standard InChI is InChI=1S/C24H20ClN3O7/c1-15(34-18-10-8-17(9-11-18)28(31)32)23(29)27-26-14-16-7-12-21(22(13-16)33-2)35-24(30)19-5-3-4-6-20(19)25/h3-15H,1-2H3,(H,27,29)/b26-14-/t15-/m0/s1. The number of non-ortho nitro benzene ring substituents is 1. The number of ether oxygens (including phenoxy) is 3. The van der Waals surface area contributed by atoms with Crippen LogP contribution in [0, 0.1) is 10.1 Å². The summed E-state index contributed by atoms with van der Waals surface area (Å²) in [6, 6.07) is 16.6. The Morgan fingerprint density at radius 1 is 1.09 bits per heavy atom. The van der Waals surface area contributed by atoms with Gasteiger partial charge in [0.15, 0.2) is 17.6 Å². The third kappa shape index (κ3) is 6.78. The summed E-state index contributed by atoms with van der Waals surface area (Å²) in [6.07, 6.45) is 0.466. The molecule has 1 atom stereocenters. The zero-order valence-corrected chi connectivity index (χ0v) is 19.4. The molecule has 0 aliphatic heterocycles. The Hall–Kier alpha value is -4.44. The maximum absolute atomic E-state index is 12.4. The van der Waals surface area contributed by atoms with Crippen LogP contribution in [0.2, 0.25) is 5.02 Å². The van der Waals surface area contributed by atoms with Gasteiger partial charge >= 0.3 is 5.97 Å². The van der Waals surface area contributed by atoms with Crippen molar-refractivity contribution in [3.05, 3.63) is 93.0 Å². The molecule has 11 heteroatoms. The summed E-state index contributed by atoms with van der Waals surface area (Å²) in [4.78, 5) is 34.8. The second kappa shape index (κ2) is 11.6. The third-order valence-electron chi connectivity index (χ3n) is 4.60. The van der Waals surface area contributed by atoms with E-state index in [1.54, 1.807) is 36.4 Å². The van der Waals surface area contributed by atoms with Crippen LogP contribution in [-0.4, -0.2) is 36.2 Å². The lowest BCUT2D eigenvalue weighted by molar-refractivity contribution is -0.384. The first-order chi connectivity index (χ1) is 16.8. The first kappa shape index (κ1) is 25.2. The van der Waals surface area contributed by atoms with Gasteiger partial charge in [-0.25, -0.2) is 10.2 Å². The van der Waals surface area contributed by atoms with Crippen LogP contribution in [0.15, 0.2) is 71.8 Å². The summed E-state index contributed by atoms with van der Waals surface area (Å²) in [5.74, 6) is -0.408. The second-order valence-electron chi connectivity index (χ2n) is 7.03. The molecule has 35 heavy (non-hydrogen) atoms. The number of hydrogen-bond donors (Lipinski definition) is 1. The van der Waals surface area contributed by atoms with Gasteiger partial charge in [-0.2, -0.15) is 5.10 Å². The molecule has 0 unspecified atom stereocenters. The molecule has 0 saturated carbocycles. The van der Waals surface area contributed by atoms with Crippen LogP contribution < -0.4 is 19.6 Å². The van der Waals surface area contributed by atoms with E-state index in [0.717, 1.165) is 0 Å². The third-order valence-corrected chi connectivity index (χ3v) is 4.93. The minimum absolute atomic E-state index is 0.0841. The van der Waals surface area contributed by atoms with Crippen LogP contribution in [0.4, 0.5) is 5.69 Å². The highest BCUT2D eigenvalue weighted by atomic mass is 35.5. The highest BCUT2D eigenvalue weighted by Crippen LogP contribution is 2.29. The van der Waals surface area contributed by atoms with Gasteiger partial charge in [0.25, 0.3) is 11.6 Å². The lowest BCUT2D eigenvalue weighted by Crippen LogP contribution is -2.33. The van der Waals surface area contributed by atoms with Crippen LogP contribution >= 0.6 is 11.6 Å². The highest BCUT2D eigenvalue weighted by molar-refractivity contribution is 6.33. The molecule has 0 radical (unpaired) electrons. The number of nitro benzene ring substituents is 1. The lowest BCUT2D eigenvalue weighted by atomic mass is 10.2. The van der Waals surface area contributed by atoms with Crippen molar-refractivity contribution < 1.29 is 28.7 Å². The number of benzene rings is 3. The van der Waals surface area contributed by atoms with Crippen LogP contribution in [0.5, 0.6) is 17.2 Å². The Balaban J connectivity index is 1.59. The molecule has 3 aromatic rings. The van der Waals surface area contributed by atoms with Crippen LogP contribution in [0.1, 0.15) is 22.8 Å². The number of hydrazone groups is 1. The van der Waals surface area contributed by atoms with Gasteiger partial charge in [-0.1, -0.05) is 23.7 Å². The molecular formula is C24H20ClN3O7. The summed E-state index contributed by atoms with van der Waals surface area (Å²) >= 11 is 6.03. The van der Waals surface area contributed by atoms with Crippen molar-refractivity contribution in [3.63, 3.8) is 0 Å². The number of esters is 1. The van der Waals surface area contributed by atoms with E-state index in [2.05, 4.69) is 10.5 Å². The van der Waals surface area contributed by atoms with E-state index in [4.69, 9.17) is 25.8 Å². The number of nitrogens with one attached hydrogen (secondary N) is 1. The Morgan fingerprint density at radius 2 is 1.80 bits per heavy atom. The Bertz CT molecular complexity index is 1260. The first-order valence-corrected chi connectivity index (χ1v) is 10.5. The van der Waals surface area contributed by atoms with Crippen molar-refractivity contribution in [1.29, 1.82) is 0 Å². The van der Waals surface area contributed by atoms with E-state index < -0.39 is 22.9 Å². The highest BCUT2D eigenvalue weighted by Gasteiger charge is 2.16. The molecule has 0 aliphatic carbocycles. The largest absolute Gasteiger partial charge is 0.493 e. The Morgan fingerprint density at radius 3 is 2.46 bits per heavy atom. The zero-order chi connectivity index (χ0) is 25.4. The van der Waals surface area contributed by atoms with Crippen molar-refractivity contribution in [2.45, 2.75) is 13.0 Å². The molecule has 1 N–H and O–H groups in total. The minimum atomic E-state index is -0.908. The molecule has 0 spiro atoms. The van der Waals surface area contributed by atoms with Gasteiger partial charge < -0.3 is 14.2 Å². The molecule has 180 valence electrons. The predicted octanol–water partition coefficient (Wildman–Crippen LogP) is 4.39. The normalized spacial score (nSPS) is 11.5. The molecule has 3 rings (SSSR count). The van der Waals surface area contributed by atoms with E-state index in [1.807, 2.05) is 0 Å². The number of carbonyl (C=O) groups is 2. The number of amides is 1. The number of rotatable bonds is 9. The number of nitro groups is 1. The smallest absolute Gasteiger partial charge is 0.345 e. The average Bonchev–Trinajstić information content (AvgIpc) is 2.85. The van der Waals surface area contributed by atoms with Gasteiger partial charge in [-0.05, 0) is 55.0 Å². The molecule has 0 fully saturated rings. The van der Waals surface area contributed by atoms with E-state index in [1.165, 1.54) is 50.6 Å². The fraction of sp³-hybridized carbons (Fsp3) is 0.125. The average molecular weight is 498 g/mol. The van der Waals surface area contributed by atoms with Crippen LogP contribution in [0.25, 0.3) is 0 Å². The molecule has 0 heterocycles. The molecule has 10 nitrogen and oxygen atoms in total. The van der Waals surface area contributed by atoms with Crippen molar-refractivity contribution in [3.8, 4) is 17.2 Å². The topological polar surface area (TPSA) is 129 Å². The van der Waals surface area contributed by atoms with E-state index in [-0.39, 0.29) is 27.8 Å². The van der Waals surface area contributed by atoms with Crippen molar-refractivity contribution in [1.82, 2.24) is 5.43 Å². The zero-order valence-electron chi connectivity index (χ0n) is 18.6. The van der Waals surface area contributed by atoms with E-state index >= 15 is 0 Å². The number of carbonyl (C=O) groups excluding carboxylic acids is 2. The first-order valence-electron chi connectivity index (χ1n) is 10.2. The summed E-state index contributed by atoms with van der Waals surface area (Å²) in [5, 5.41) is 14.9. The van der Waals surface area contributed by atoms with E-state index in [9.17, 15) is 19.7 Å². The summed E-state index contributed by atoms with van der Waals surface area (Å²) in [7, 11) is 1.42.